The first kappa shape index (κ1) is 8.46. The van der Waals surface area contributed by atoms with E-state index in [9.17, 15) is 4.79 Å². The van der Waals surface area contributed by atoms with Gasteiger partial charge >= 0.3 is 0 Å². The molecule has 4 aliphatic rings. The maximum atomic E-state index is 11.4. The molecular weight excluding hydrogens is 172 g/mol. The molecule has 0 radical (unpaired) electrons. The predicted molar refractivity (Wildman–Crippen MR) is 55.8 cm³/mol. The summed E-state index contributed by atoms with van der Waals surface area (Å²) in [6, 6.07) is 0. The second kappa shape index (κ2) is 2.59. The van der Waals surface area contributed by atoms with Crippen molar-refractivity contribution in [2.24, 2.45) is 17.3 Å². The molecule has 0 heterocycles. The molecule has 0 aromatic heterocycles. The first-order valence-electron chi connectivity index (χ1n) is 5.59. The van der Waals surface area contributed by atoms with Gasteiger partial charge in [-0.1, -0.05) is 18.2 Å². The number of hydrogen-bond acceptors (Lipinski definition) is 1. The molecule has 14 heavy (non-hydrogen) atoms. The summed E-state index contributed by atoms with van der Waals surface area (Å²) in [4.78, 5) is 11.4. The summed E-state index contributed by atoms with van der Waals surface area (Å²) in [6.45, 7) is 4.18. The molecule has 2 bridgehead atoms. The van der Waals surface area contributed by atoms with Crippen LogP contribution < -0.4 is 0 Å². The first-order valence-corrected chi connectivity index (χ1v) is 5.59. The lowest BCUT2D eigenvalue weighted by molar-refractivity contribution is -0.118. The average Bonchev–Trinajstić information content (AvgIpc) is 2.17. The average molecular weight is 188 g/mol. The largest absolute Gasteiger partial charge is 0.295 e. The van der Waals surface area contributed by atoms with Crippen molar-refractivity contribution < 1.29 is 4.79 Å². The fourth-order valence-corrected chi connectivity index (χ4v) is 3.65. The monoisotopic (exact) mass is 188 g/mol. The van der Waals surface area contributed by atoms with Gasteiger partial charge in [0.1, 0.15) is 0 Å². The number of allylic oxidation sites excluding steroid dienone is 3. The van der Waals surface area contributed by atoms with Crippen LogP contribution in [-0.4, -0.2) is 5.78 Å². The van der Waals surface area contributed by atoms with E-state index in [1.807, 2.05) is 6.08 Å². The van der Waals surface area contributed by atoms with Crippen LogP contribution in [-0.2, 0) is 4.79 Å². The topological polar surface area (TPSA) is 17.1 Å². The van der Waals surface area contributed by atoms with Gasteiger partial charge in [-0.3, -0.25) is 4.79 Å². The number of hydrogen-bond donors (Lipinski definition) is 0. The third-order valence-corrected chi connectivity index (χ3v) is 4.52. The molecule has 1 heteroatoms. The Hall–Kier alpha value is -0.850. The molecule has 3 unspecified atom stereocenters. The van der Waals surface area contributed by atoms with Crippen molar-refractivity contribution in [3.63, 3.8) is 0 Å². The molecule has 1 nitrogen and oxygen atoms in total. The lowest BCUT2D eigenvalue weighted by atomic mass is 9.51. The standard InChI is InChI=1S/C13H16O/c1-9-8-13-4-2-10(9)6-11(13)7-12(14)3-5-13/h3,5,10-11H,1-2,4,6-8H2. The molecule has 0 aromatic rings. The Balaban J connectivity index is 2.02. The van der Waals surface area contributed by atoms with Gasteiger partial charge in [0.2, 0.25) is 0 Å². The molecule has 74 valence electrons. The van der Waals surface area contributed by atoms with Crippen molar-refractivity contribution in [1.82, 2.24) is 0 Å². The zero-order chi connectivity index (χ0) is 9.76. The van der Waals surface area contributed by atoms with Crippen LogP contribution in [0.2, 0.25) is 0 Å². The third kappa shape index (κ3) is 0.985. The second-order valence-electron chi connectivity index (χ2n) is 5.24. The quantitative estimate of drug-likeness (QED) is 0.534. The lowest BCUT2D eigenvalue weighted by Crippen LogP contribution is -2.44. The number of ketones is 1. The van der Waals surface area contributed by atoms with E-state index in [4.69, 9.17) is 0 Å². The molecule has 0 aromatic carbocycles. The maximum absolute atomic E-state index is 11.4. The Morgan fingerprint density at radius 1 is 1.50 bits per heavy atom. The highest BCUT2D eigenvalue weighted by atomic mass is 16.1. The van der Waals surface area contributed by atoms with E-state index >= 15 is 0 Å². The van der Waals surface area contributed by atoms with Gasteiger partial charge in [-0.05, 0) is 49.0 Å². The lowest BCUT2D eigenvalue weighted by Gasteiger charge is -2.53. The summed E-state index contributed by atoms with van der Waals surface area (Å²) in [5.74, 6) is 1.68. The summed E-state index contributed by atoms with van der Waals surface area (Å²) in [6.07, 6.45) is 9.75. The number of rotatable bonds is 0. The molecule has 1 spiro atoms. The Labute approximate surface area is 84.9 Å². The number of carbonyl (C=O) groups excluding carboxylic acids is 1. The zero-order valence-electron chi connectivity index (χ0n) is 8.46. The fourth-order valence-electron chi connectivity index (χ4n) is 3.65. The van der Waals surface area contributed by atoms with Gasteiger partial charge in [0.25, 0.3) is 0 Å². The summed E-state index contributed by atoms with van der Waals surface area (Å²) in [5, 5.41) is 0. The van der Waals surface area contributed by atoms with E-state index in [0.717, 1.165) is 18.8 Å². The smallest absolute Gasteiger partial charge is 0.155 e. The fraction of sp³-hybridized carbons (Fsp3) is 0.615. The zero-order valence-corrected chi connectivity index (χ0v) is 8.46. The Kier molecular flexibility index (Phi) is 1.56. The van der Waals surface area contributed by atoms with Gasteiger partial charge in [-0.15, -0.1) is 0 Å². The van der Waals surface area contributed by atoms with Crippen molar-refractivity contribution in [2.45, 2.75) is 32.1 Å². The maximum Gasteiger partial charge on any atom is 0.155 e. The van der Waals surface area contributed by atoms with E-state index in [0.29, 0.717) is 17.1 Å². The van der Waals surface area contributed by atoms with Gasteiger partial charge in [0.05, 0.1) is 0 Å². The molecule has 3 atom stereocenters. The highest BCUT2D eigenvalue weighted by molar-refractivity contribution is 5.91. The van der Waals surface area contributed by atoms with Crippen LogP contribution in [0.1, 0.15) is 32.1 Å². The van der Waals surface area contributed by atoms with E-state index < -0.39 is 0 Å². The molecule has 3 saturated carbocycles. The molecule has 0 saturated heterocycles. The molecule has 4 rings (SSSR count). The van der Waals surface area contributed by atoms with Gasteiger partial charge < -0.3 is 0 Å². The van der Waals surface area contributed by atoms with Crippen LogP contribution in [0.3, 0.4) is 0 Å². The van der Waals surface area contributed by atoms with Crippen LogP contribution in [0, 0.1) is 17.3 Å². The molecule has 0 aliphatic heterocycles. The summed E-state index contributed by atoms with van der Waals surface area (Å²) in [5.41, 5.74) is 1.77. The molecule has 3 fully saturated rings. The Morgan fingerprint density at radius 2 is 2.36 bits per heavy atom. The van der Waals surface area contributed by atoms with Crippen LogP contribution in [0.5, 0.6) is 0 Å². The van der Waals surface area contributed by atoms with E-state index in [1.165, 1.54) is 24.8 Å². The molecule has 0 N–H and O–H groups in total. The number of fused-ring (bicyclic) bond motifs is 2. The van der Waals surface area contributed by atoms with Crippen molar-refractivity contribution in [3.05, 3.63) is 24.3 Å². The predicted octanol–water partition coefficient (Wildman–Crippen LogP) is 2.88. The van der Waals surface area contributed by atoms with Gasteiger partial charge in [-0.2, -0.15) is 0 Å². The van der Waals surface area contributed by atoms with Crippen molar-refractivity contribution in [2.75, 3.05) is 0 Å². The molecular formula is C13H16O. The Bertz CT molecular complexity index is 339. The normalized spacial score (nSPS) is 45.4. The third-order valence-electron chi connectivity index (χ3n) is 4.52. The summed E-state index contributed by atoms with van der Waals surface area (Å²) < 4.78 is 0. The van der Waals surface area contributed by atoms with E-state index in [-0.39, 0.29) is 0 Å². The van der Waals surface area contributed by atoms with Crippen LogP contribution in [0.15, 0.2) is 24.3 Å². The van der Waals surface area contributed by atoms with E-state index in [1.54, 1.807) is 0 Å². The highest BCUT2D eigenvalue weighted by Crippen LogP contribution is 2.58. The minimum Gasteiger partial charge on any atom is -0.295 e. The molecule has 4 aliphatic carbocycles. The van der Waals surface area contributed by atoms with E-state index in [2.05, 4.69) is 12.7 Å². The number of carbonyl (C=O) groups is 1. The van der Waals surface area contributed by atoms with Gasteiger partial charge in [0.15, 0.2) is 5.78 Å². The van der Waals surface area contributed by atoms with Crippen LogP contribution >= 0.6 is 0 Å². The highest BCUT2D eigenvalue weighted by Gasteiger charge is 2.49. The van der Waals surface area contributed by atoms with Crippen molar-refractivity contribution in [3.8, 4) is 0 Å². The van der Waals surface area contributed by atoms with Crippen LogP contribution in [0.25, 0.3) is 0 Å². The van der Waals surface area contributed by atoms with Crippen molar-refractivity contribution >= 4 is 5.78 Å². The summed E-state index contributed by atoms with van der Waals surface area (Å²) in [7, 11) is 0. The minimum atomic E-state index is 0.332. The Morgan fingerprint density at radius 3 is 3.14 bits per heavy atom. The first-order chi connectivity index (χ1) is 6.70. The second-order valence-corrected chi connectivity index (χ2v) is 5.24. The molecule has 0 amide bonds. The van der Waals surface area contributed by atoms with Crippen molar-refractivity contribution in [1.29, 1.82) is 0 Å². The van der Waals surface area contributed by atoms with Gasteiger partial charge in [0, 0.05) is 6.42 Å². The minimum absolute atomic E-state index is 0.332. The SMILES string of the molecule is C=C1CC23C=CC(=O)CC2CC1CC3. The van der Waals surface area contributed by atoms with Crippen LogP contribution in [0.4, 0.5) is 0 Å². The van der Waals surface area contributed by atoms with Gasteiger partial charge in [-0.25, -0.2) is 0 Å². The summed E-state index contributed by atoms with van der Waals surface area (Å²) >= 11 is 0.